The highest BCUT2D eigenvalue weighted by atomic mass is 19.4. The molecular formula is C28H28F3N7O5. The van der Waals surface area contributed by atoms with Gasteiger partial charge >= 0.3 is 12.1 Å². The van der Waals surface area contributed by atoms with Gasteiger partial charge in [0.15, 0.2) is 11.6 Å². The van der Waals surface area contributed by atoms with E-state index in [1.54, 1.807) is 17.4 Å². The number of hydrogen-bond acceptors (Lipinski definition) is 8. The van der Waals surface area contributed by atoms with E-state index >= 15 is 0 Å². The number of rotatable bonds is 8. The van der Waals surface area contributed by atoms with Crippen LogP contribution in [-0.4, -0.2) is 86.9 Å². The van der Waals surface area contributed by atoms with Crippen molar-refractivity contribution in [2.24, 2.45) is 5.92 Å². The second kappa shape index (κ2) is 11.5. The number of anilines is 1. The largest absolute Gasteiger partial charge is 0.472 e. The van der Waals surface area contributed by atoms with Crippen molar-refractivity contribution in [2.45, 2.75) is 62.0 Å². The van der Waals surface area contributed by atoms with Gasteiger partial charge < -0.3 is 25.2 Å². The minimum Gasteiger partial charge on any atom is -0.472 e. The molecule has 15 heteroatoms. The summed E-state index contributed by atoms with van der Waals surface area (Å²) in [6, 6.07) is 4.33. The molecule has 5 rings (SSSR count). The Morgan fingerprint density at radius 1 is 1.26 bits per heavy atom. The number of amides is 4. The Hall–Kier alpha value is -4.74. The third kappa shape index (κ3) is 6.23. The second-order valence-corrected chi connectivity index (χ2v) is 10.9. The van der Waals surface area contributed by atoms with E-state index in [9.17, 15) is 37.6 Å². The molecule has 0 radical (unpaired) electrons. The third-order valence-corrected chi connectivity index (χ3v) is 7.88. The van der Waals surface area contributed by atoms with Gasteiger partial charge in [0.25, 0.3) is 5.91 Å². The number of fused-ring (bicyclic) bond motifs is 1. The zero-order valence-electron chi connectivity index (χ0n) is 23.0. The summed E-state index contributed by atoms with van der Waals surface area (Å²) in [4.78, 5) is 62.9. The van der Waals surface area contributed by atoms with E-state index in [-0.39, 0.29) is 43.3 Å². The molecule has 0 bridgehead atoms. The van der Waals surface area contributed by atoms with Crippen LogP contribution in [0.4, 0.5) is 19.0 Å². The van der Waals surface area contributed by atoms with Crippen molar-refractivity contribution < 1.29 is 37.1 Å². The lowest BCUT2D eigenvalue weighted by atomic mass is 9.97. The van der Waals surface area contributed by atoms with Gasteiger partial charge in [0, 0.05) is 38.5 Å². The summed E-state index contributed by atoms with van der Waals surface area (Å²) in [5.74, 6) is -3.88. The maximum absolute atomic E-state index is 14.1. The molecular weight excluding hydrogens is 571 g/mol. The van der Waals surface area contributed by atoms with E-state index < -0.39 is 53.5 Å². The van der Waals surface area contributed by atoms with Crippen molar-refractivity contribution in [1.29, 1.82) is 5.26 Å². The molecule has 4 amide bonds. The highest BCUT2D eigenvalue weighted by Gasteiger charge is 2.57. The molecule has 3 aliphatic rings. The molecule has 1 spiro atoms. The van der Waals surface area contributed by atoms with Crippen molar-refractivity contribution in [3.05, 3.63) is 48.4 Å². The Morgan fingerprint density at radius 3 is 2.63 bits per heavy atom. The Kier molecular flexibility index (Phi) is 7.96. The number of carbonyl (C=O) groups excluding carboxylic acids is 4. The summed E-state index contributed by atoms with van der Waals surface area (Å²) >= 11 is 0. The van der Waals surface area contributed by atoms with Crippen LogP contribution in [0.2, 0.25) is 0 Å². The van der Waals surface area contributed by atoms with Gasteiger partial charge in [0.1, 0.15) is 18.1 Å². The fourth-order valence-electron chi connectivity index (χ4n) is 5.38. The van der Waals surface area contributed by atoms with E-state index in [4.69, 9.17) is 4.74 Å². The number of carbonyl (C=O) groups is 4. The number of halogens is 3. The summed E-state index contributed by atoms with van der Waals surface area (Å²) < 4.78 is 45.5. The molecule has 1 aliphatic carbocycles. The first-order valence-electron chi connectivity index (χ1n) is 13.6. The van der Waals surface area contributed by atoms with Gasteiger partial charge in [-0.15, -0.1) is 0 Å². The molecule has 226 valence electrons. The van der Waals surface area contributed by atoms with Crippen LogP contribution in [0.5, 0.6) is 5.75 Å². The predicted octanol–water partition coefficient (Wildman–Crippen LogP) is 1.59. The average Bonchev–Trinajstić information content (AvgIpc) is 3.73. The number of hydrogen-bond donors (Lipinski definition) is 2. The summed E-state index contributed by atoms with van der Waals surface area (Å²) in [7, 11) is 1.28. The first-order chi connectivity index (χ1) is 20.4. The highest BCUT2D eigenvalue weighted by molar-refractivity contribution is 6.01. The van der Waals surface area contributed by atoms with Crippen LogP contribution in [0.25, 0.3) is 0 Å². The lowest BCUT2D eigenvalue weighted by molar-refractivity contribution is -0.175. The van der Waals surface area contributed by atoms with Crippen LogP contribution < -0.4 is 15.4 Å². The van der Waals surface area contributed by atoms with Gasteiger partial charge in [-0.05, 0) is 42.2 Å². The number of nitrogens with zero attached hydrogens (tertiary/aromatic N) is 5. The molecule has 4 heterocycles. The molecule has 4 atom stereocenters. The molecule has 43 heavy (non-hydrogen) atoms. The molecule has 4 unspecified atom stereocenters. The van der Waals surface area contributed by atoms with Crippen molar-refractivity contribution in [3.63, 3.8) is 0 Å². The van der Waals surface area contributed by atoms with Gasteiger partial charge in [-0.3, -0.25) is 24.2 Å². The van der Waals surface area contributed by atoms with Gasteiger partial charge in [0.2, 0.25) is 17.4 Å². The summed E-state index contributed by atoms with van der Waals surface area (Å²) in [5, 5.41) is 14.4. The van der Waals surface area contributed by atoms with Crippen molar-refractivity contribution in [2.75, 3.05) is 18.9 Å². The quantitative estimate of drug-likeness (QED) is 0.463. The van der Waals surface area contributed by atoms with E-state index in [1.807, 2.05) is 6.07 Å². The van der Waals surface area contributed by atoms with Crippen molar-refractivity contribution in [1.82, 2.24) is 25.1 Å². The van der Waals surface area contributed by atoms with E-state index in [0.29, 0.717) is 5.56 Å². The Labute approximate surface area is 244 Å². The summed E-state index contributed by atoms with van der Waals surface area (Å²) in [5.41, 5.74) is -1.14. The van der Waals surface area contributed by atoms with Gasteiger partial charge in [0.05, 0.1) is 12.6 Å². The molecule has 12 nitrogen and oxygen atoms in total. The van der Waals surface area contributed by atoms with Crippen molar-refractivity contribution in [3.8, 4) is 11.8 Å². The number of nitriles is 1. The lowest BCUT2D eigenvalue weighted by Gasteiger charge is -2.35. The second-order valence-electron chi connectivity index (χ2n) is 10.9. The molecule has 1 saturated heterocycles. The van der Waals surface area contributed by atoms with Crippen LogP contribution in [0, 0.1) is 17.2 Å². The minimum absolute atomic E-state index is 0.0805. The third-order valence-electron chi connectivity index (χ3n) is 7.88. The monoisotopic (exact) mass is 599 g/mol. The normalized spacial score (nSPS) is 22.4. The Morgan fingerprint density at radius 2 is 1.98 bits per heavy atom. The van der Waals surface area contributed by atoms with Crippen LogP contribution in [0.1, 0.15) is 31.2 Å². The number of ether oxygens (including phenoxy) is 1. The fourth-order valence-corrected chi connectivity index (χ4v) is 5.38. The van der Waals surface area contributed by atoms with Gasteiger partial charge in [-0.25, -0.2) is 4.98 Å². The molecule has 1 saturated carbocycles. The van der Waals surface area contributed by atoms with Crippen LogP contribution in [-0.2, 0) is 25.6 Å². The molecule has 2 fully saturated rings. The number of nitrogens with one attached hydrogen (secondary N) is 2. The Balaban J connectivity index is 1.40. The lowest BCUT2D eigenvalue weighted by Crippen LogP contribution is -2.58. The van der Waals surface area contributed by atoms with Crippen LogP contribution in [0.3, 0.4) is 0 Å². The van der Waals surface area contributed by atoms with E-state index in [2.05, 4.69) is 15.3 Å². The molecule has 2 N–H and O–H groups in total. The van der Waals surface area contributed by atoms with Crippen LogP contribution >= 0.6 is 0 Å². The summed E-state index contributed by atoms with van der Waals surface area (Å²) in [6.45, 7) is -0.293. The molecule has 2 aliphatic heterocycles. The number of alkyl halides is 3. The maximum Gasteiger partial charge on any atom is 0.471 e. The number of aromatic nitrogens is 2. The predicted molar refractivity (Wildman–Crippen MR) is 142 cm³/mol. The molecule has 2 aromatic rings. The van der Waals surface area contributed by atoms with Crippen molar-refractivity contribution >= 4 is 29.4 Å². The Bertz CT molecular complexity index is 1460. The SMILES string of the molecule is CN(C(=O)C(Cc1ccncc1)NC(=O)C(F)(F)F)C(CC1CC1)C(=O)N1CC2(CC1C#N)Oc1cccnc1NC2=O. The zero-order valence-corrected chi connectivity index (χ0v) is 23.0. The minimum atomic E-state index is -5.24. The zero-order chi connectivity index (χ0) is 30.9. The maximum atomic E-state index is 14.1. The fraction of sp³-hybridized carbons (Fsp3) is 0.464. The number of likely N-dealkylation sites (N-methyl/N-ethyl adjacent to an activating group) is 1. The first-order valence-corrected chi connectivity index (χ1v) is 13.6. The number of likely N-dealkylation sites (tertiary alicyclic amines) is 1. The van der Waals surface area contributed by atoms with Crippen LogP contribution in [0.15, 0.2) is 42.9 Å². The molecule has 0 aromatic carbocycles. The average molecular weight is 600 g/mol. The number of pyridine rings is 2. The topological polar surface area (TPSA) is 158 Å². The first kappa shape index (κ1) is 29.7. The van der Waals surface area contributed by atoms with E-state index in [1.165, 1.54) is 42.7 Å². The highest BCUT2D eigenvalue weighted by Crippen LogP contribution is 2.40. The summed E-state index contributed by atoms with van der Waals surface area (Å²) in [6.07, 6.45) is 0.369. The van der Waals surface area contributed by atoms with Gasteiger partial charge in [-0.2, -0.15) is 18.4 Å². The van der Waals surface area contributed by atoms with Gasteiger partial charge in [-0.1, -0.05) is 12.8 Å². The van der Waals surface area contributed by atoms with E-state index in [0.717, 1.165) is 17.7 Å². The molecule has 2 aromatic heterocycles. The smallest absolute Gasteiger partial charge is 0.471 e. The standard InChI is InChI=1S/C28H28F3N7O5/c1-37(23(39)19(35-26(42)28(29,30)31)11-17-6-9-33-10-7-17)20(12-16-4-5-16)24(40)38-15-27(13-18(38)14-32)25(41)36-22-21(43-27)3-2-8-34-22/h2-3,6-10,16,18-20H,4-5,11-13,15H2,1H3,(H,35,42)(H,34,36,41).